The molecule has 0 saturated heterocycles. The van der Waals surface area contributed by atoms with Crippen molar-refractivity contribution in [2.75, 3.05) is 11.1 Å². The average Bonchev–Trinajstić information content (AvgIpc) is 2.42. The fourth-order valence-corrected chi connectivity index (χ4v) is 2.20. The maximum absolute atomic E-state index is 12.2. The Morgan fingerprint density at radius 3 is 2.67 bits per heavy atom. The number of pyridine rings is 1. The Hall–Kier alpha value is -1.78. The molecule has 4 nitrogen and oxygen atoms in total. The van der Waals surface area contributed by atoms with E-state index in [0.717, 1.165) is 18.5 Å². The molecule has 1 aromatic carbocycles. The summed E-state index contributed by atoms with van der Waals surface area (Å²) in [6.45, 7) is 2.04. The molecular weight excluding hydrogens is 309 g/mol. The van der Waals surface area contributed by atoms with Gasteiger partial charge in [-0.15, -0.1) is 0 Å². The molecule has 1 amide bonds. The van der Waals surface area contributed by atoms with Gasteiger partial charge in [-0.1, -0.05) is 36.5 Å². The maximum Gasteiger partial charge on any atom is 0.255 e. The van der Waals surface area contributed by atoms with Gasteiger partial charge in [0.15, 0.2) is 0 Å². The molecule has 2 aromatic rings. The lowest BCUT2D eigenvalue weighted by Gasteiger charge is -2.08. The molecule has 0 unspecified atom stereocenters. The van der Waals surface area contributed by atoms with Crippen LogP contribution in [0.25, 0.3) is 0 Å². The highest BCUT2D eigenvalue weighted by Gasteiger charge is 2.10. The van der Waals surface area contributed by atoms with Crippen molar-refractivity contribution in [2.45, 2.75) is 19.8 Å². The minimum absolute atomic E-state index is 0.264. The van der Waals surface area contributed by atoms with Crippen LogP contribution < -0.4 is 11.1 Å². The molecule has 0 aliphatic heterocycles. The number of nitrogens with two attached hydrogens (primary N) is 1. The Labute approximate surface area is 133 Å². The van der Waals surface area contributed by atoms with Crippen LogP contribution in [0.4, 0.5) is 11.5 Å². The summed E-state index contributed by atoms with van der Waals surface area (Å²) in [6.07, 6.45) is 1.71. The van der Waals surface area contributed by atoms with Crippen molar-refractivity contribution in [1.29, 1.82) is 0 Å². The number of rotatable bonds is 4. The smallest absolute Gasteiger partial charge is 0.255 e. The normalized spacial score (nSPS) is 10.4. The molecule has 0 spiro atoms. The zero-order valence-corrected chi connectivity index (χ0v) is 13.0. The van der Waals surface area contributed by atoms with Crippen LogP contribution in [0.3, 0.4) is 0 Å². The molecule has 0 atom stereocenters. The molecule has 21 heavy (non-hydrogen) atoms. The van der Waals surface area contributed by atoms with E-state index in [4.69, 9.17) is 28.9 Å². The van der Waals surface area contributed by atoms with Crippen LogP contribution in [-0.2, 0) is 6.42 Å². The van der Waals surface area contributed by atoms with Crippen molar-refractivity contribution < 1.29 is 4.79 Å². The first-order valence-electron chi connectivity index (χ1n) is 6.52. The number of anilines is 2. The molecule has 0 bridgehead atoms. The van der Waals surface area contributed by atoms with E-state index in [-0.39, 0.29) is 5.91 Å². The van der Waals surface area contributed by atoms with Gasteiger partial charge >= 0.3 is 0 Å². The van der Waals surface area contributed by atoms with Gasteiger partial charge in [-0.2, -0.15) is 0 Å². The van der Waals surface area contributed by atoms with E-state index in [1.807, 2.05) is 6.92 Å². The second-order valence-electron chi connectivity index (χ2n) is 4.61. The van der Waals surface area contributed by atoms with E-state index in [0.29, 0.717) is 27.1 Å². The van der Waals surface area contributed by atoms with Gasteiger partial charge in [-0.3, -0.25) is 4.79 Å². The van der Waals surface area contributed by atoms with E-state index in [1.165, 1.54) is 0 Å². The minimum atomic E-state index is -0.264. The van der Waals surface area contributed by atoms with Gasteiger partial charge < -0.3 is 11.1 Å². The fourth-order valence-electron chi connectivity index (χ4n) is 1.90. The Morgan fingerprint density at radius 1 is 1.24 bits per heavy atom. The summed E-state index contributed by atoms with van der Waals surface area (Å²) in [4.78, 5) is 16.4. The van der Waals surface area contributed by atoms with Gasteiger partial charge in [0.2, 0.25) is 0 Å². The van der Waals surface area contributed by atoms with Crippen molar-refractivity contribution in [3.63, 3.8) is 0 Å². The van der Waals surface area contributed by atoms with Crippen molar-refractivity contribution in [3.05, 3.63) is 51.6 Å². The van der Waals surface area contributed by atoms with Gasteiger partial charge in [-0.05, 0) is 36.8 Å². The van der Waals surface area contributed by atoms with Crippen molar-refractivity contribution in [1.82, 2.24) is 4.98 Å². The van der Waals surface area contributed by atoms with Crippen LogP contribution in [0.1, 0.15) is 29.4 Å². The zero-order valence-electron chi connectivity index (χ0n) is 11.5. The highest BCUT2D eigenvalue weighted by Crippen LogP contribution is 2.25. The topological polar surface area (TPSA) is 68.0 Å². The molecule has 1 aromatic heterocycles. The molecule has 0 radical (unpaired) electrons. The van der Waals surface area contributed by atoms with E-state index in [2.05, 4.69) is 10.3 Å². The van der Waals surface area contributed by atoms with Gasteiger partial charge in [0.1, 0.15) is 5.82 Å². The number of carbonyl (C=O) groups is 1. The lowest BCUT2D eigenvalue weighted by Crippen LogP contribution is -2.13. The monoisotopic (exact) mass is 323 g/mol. The van der Waals surface area contributed by atoms with Gasteiger partial charge in [0.25, 0.3) is 5.91 Å². The molecule has 0 aliphatic rings. The average molecular weight is 324 g/mol. The Kier molecular flexibility index (Phi) is 5.04. The molecule has 0 saturated carbocycles. The number of carbonyl (C=O) groups excluding carboxylic acids is 1. The third-order valence-corrected chi connectivity index (χ3v) is 3.58. The van der Waals surface area contributed by atoms with Crippen molar-refractivity contribution >= 4 is 40.6 Å². The highest BCUT2D eigenvalue weighted by molar-refractivity contribution is 6.42. The predicted molar refractivity (Wildman–Crippen MR) is 87.1 cm³/mol. The second kappa shape index (κ2) is 6.78. The Morgan fingerprint density at radius 2 is 2.00 bits per heavy atom. The van der Waals surface area contributed by atoms with Crippen LogP contribution in [-0.4, -0.2) is 10.9 Å². The standard InChI is InChI=1S/C15H15Cl2N3O/c1-2-3-10-6-9(7-14(18)19-10)15(21)20-11-4-5-12(16)13(17)8-11/h4-8H,2-3H2,1H3,(H2,18,19)(H,20,21). The number of amides is 1. The fraction of sp³-hybridized carbons (Fsp3) is 0.200. The quantitative estimate of drug-likeness (QED) is 0.887. The Balaban J connectivity index is 2.21. The zero-order chi connectivity index (χ0) is 15.4. The largest absolute Gasteiger partial charge is 0.384 e. The van der Waals surface area contributed by atoms with E-state index >= 15 is 0 Å². The number of benzene rings is 1. The lowest BCUT2D eigenvalue weighted by molar-refractivity contribution is 0.102. The summed E-state index contributed by atoms with van der Waals surface area (Å²) >= 11 is 11.8. The second-order valence-corrected chi connectivity index (χ2v) is 5.42. The highest BCUT2D eigenvalue weighted by atomic mass is 35.5. The number of hydrogen-bond acceptors (Lipinski definition) is 3. The third-order valence-electron chi connectivity index (χ3n) is 2.84. The number of nitrogens with one attached hydrogen (secondary N) is 1. The molecule has 6 heteroatoms. The summed E-state index contributed by atoms with van der Waals surface area (Å²) in [5.41, 5.74) is 7.58. The summed E-state index contributed by atoms with van der Waals surface area (Å²) in [7, 11) is 0. The van der Waals surface area contributed by atoms with E-state index in [9.17, 15) is 4.79 Å². The summed E-state index contributed by atoms with van der Waals surface area (Å²) in [5, 5.41) is 3.58. The lowest BCUT2D eigenvalue weighted by atomic mass is 10.1. The SMILES string of the molecule is CCCc1cc(C(=O)Nc2ccc(Cl)c(Cl)c2)cc(N)n1. The van der Waals surface area contributed by atoms with E-state index < -0.39 is 0 Å². The molecule has 0 aliphatic carbocycles. The summed E-state index contributed by atoms with van der Waals surface area (Å²) < 4.78 is 0. The first-order chi connectivity index (χ1) is 9.99. The summed E-state index contributed by atoms with van der Waals surface area (Å²) in [6, 6.07) is 8.20. The van der Waals surface area contributed by atoms with Crippen LogP contribution in [0.5, 0.6) is 0 Å². The van der Waals surface area contributed by atoms with E-state index in [1.54, 1.807) is 30.3 Å². The van der Waals surface area contributed by atoms with Crippen molar-refractivity contribution in [3.8, 4) is 0 Å². The number of aromatic nitrogens is 1. The molecule has 1 heterocycles. The molecule has 3 N–H and O–H groups in total. The first kappa shape index (κ1) is 15.6. The number of hydrogen-bond donors (Lipinski definition) is 2. The van der Waals surface area contributed by atoms with Gasteiger partial charge in [0.05, 0.1) is 10.0 Å². The first-order valence-corrected chi connectivity index (χ1v) is 7.28. The Bertz CT molecular complexity index is 674. The maximum atomic E-state index is 12.2. The molecule has 0 fully saturated rings. The molecular formula is C15H15Cl2N3O. The molecule has 2 rings (SSSR count). The van der Waals surface area contributed by atoms with Gasteiger partial charge in [0, 0.05) is 16.9 Å². The van der Waals surface area contributed by atoms with Crippen LogP contribution in [0.2, 0.25) is 10.0 Å². The van der Waals surface area contributed by atoms with Crippen LogP contribution >= 0.6 is 23.2 Å². The number of nitrogens with zero attached hydrogens (tertiary/aromatic N) is 1. The molecule has 110 valence electrons. The summed E-state index contributed by atoms with van der Waals surface area (Å²) in [5.74, 6) is 0.0695. The minimum Gasteiger partial charge on any atom is -0.384 e. The third kappa shape index (κ3) is 4.09. The van der Waals surface area contributed by atoms with Crippen LogP contribution in [0.15, 0.2) is 30.3 Å². The van der Waals surface area contributed by atoms with Gasteiger partial charge in [-0.25, -0.2) is 4.98 Å². The van der Waals surface area contributed by atoms with Crippen LogP contribution in [0, 0.1) is 0 Å². The number of aryl methyl sites for hydroxylation is 1. The predicted octanol–water partition coefficient (Wildman–Crippen LogP) is 4.18. The van der Waals surface area contributed by atoms with Crippen molar-refractivity contribution in [2.24, 2.45) is 0 Å². The number of nitrogen functional groups attached to an aromatic ring is 1. The number of halogens is 2.